The van der Waals surface area contributed by atoms with Crippen LogP contribution in [0.5, 0.6) is 5.75 Å². The van der Waals surface area contributed by atoms with Gasteiger partial charge in [0.05, 0.1) is 19.1 Å². The van der Waals surface area contributed by atoms with Crippen LogP contribution >= 0.6 is 11.6 Å². The lowest BCUT2D eigenvalue weighted by atomic mass is 9.93. The third-order valence-electron chi connectivity index (χ3n) is 4.04. The van der Waals surface area contributed by atoms with Gasteiger partial charge in [0.15, 0.2) is 5.76 Å². The molecule has 5 nitrogen and oxygen atoms in total. The van der Waals surface area contributed by atoms with Crippen LogP contribution in [0.1, 0.15) is 33.4 Å². The highest BCUT2D eigenvalue weighted by Gasteiger charge is 2.33. The number of hydrogen-bond acceptors (Lipinski definition) is 4. The summed E-state index contributed by atoms with van der Waals surface area (Å²) < 4.78 is 10.7. The summed E-state index contributed by atoms with van der Waals surface area (Å²) in [5.74, 6) is 1.66. The number of carbonyl (C=O) groups excluding carboxylic acids is 1. The van der Waals surface area contributed by atoms with E-state index in [0.29, 0.717) is 18.0 Å². The predicted molar refractivity (Wildman–Crippen MR) is 98.7 cm³/mol. The molecular formula is C19H25ClN2O3. The summed E-state index contributed by atoms with van der Waals surface area (Å²) in [6.45, 7) is 8.03. The van der Waals surface area contributed by atoms with Crippen LogP contribution in [0.4, 0.5) is 0 Å². The third-order valence-corrected chi connectivity index (χ3v) is 4.71. The Morgan fingerprint density at radius 3 is 2.68 bits per heavy atom. The van der Waals surface area contributed by atoms with Gasteiger partial charge in [-0.05, 0) is 39.8 Å². The molecule has 2 rings (SSSR count). The number of benzene rings is 1. The van der Waals surface area contributed by atoms with Crippen molar-refractivity contribution in [2.45, 2.75) is 40.3 Å². The molecule has 0 aliphatic heterocycles. The maximum absolute atomic E-state index is 12.8. The molecule has 0 spiro atoms. The zero-order chi connectivity index (χ0) is 18.6. The van der Waals surface area contributed by atoms with E-state index in [-0.39, 0.29) is 17.8 Å². The van der Waals surface area contributed by atoms with Gasteiger partial charge in [-0.25, -0.2) is 0 Å². The molecule has 0 bridgehead atoms. The Balaban J connectivity index is 2.21. The van der Waals surface area contributed by atoms with E-state index >= 15 is 0 Å². The molecule has 1 heterocycles. The van der Waals surface area contributed by atoms with Gasteiger partial charge in [-0.15, -0.1) is 11.6 Å². The second-order valence-corrected chi connectivity index (χ2v) is 7.23. The maximum Gasteiger partial charge on any atom is 0.230 e. The van der Waals surface area contributed by atoms with Crippen molar-refractivity contribution in [3.05, 3.63) is 36.0 Å². The number of halogens is 1. The van der Waals surface area contributed by atoms with Crippen LogP contribution in [0.3, 0.4) is 0 Å². The number of amides is 1. The van der Waals surface area contributed by atoms with Gasteiger partial charge in [-0.1, -0.05) is 17.3 Å². The monoisotopic (exact) mass is 364 g/mol. The highest BCUT2D eigenvalue weighted by molar-refractivity contribution is 6.19. The number of nitrogens with zero attached hydrogens (tertiary/aromatic N) is 2. The first-order chi connectivity index (χ1) is 11.8. The quantitative estimate of drug-likeness (QED) is 0.685. The zero-order valence-corrected chi connectivity index (χ0v) is 16.1. The standard InChI is InChI=1S/C19H25ClN2O3/c1-13(2)22(18(23)19(3,4)12-20)11-15-10-17(25-21-15)14-7-6-8-16(9-14)24-5/h6-10,13H,11-12H2,1-5H3. The molecule has 0 fully saturated rings. The van der Waals surface area contributed by atoms with Gasteiger partial charge in [0.25, 0.3) is 0 Å². The summed E-state index contributed by atoms with van der Waals surface area (Å²) in [7, 11) is 1.62. The molecule has 2 aromatic rings. The smallest absolute Gasteiger partial charge is 0.230 e. The van der Waals surface area contributed by atoms with Crippen molar-refractivity contribution in [2.75, 3.05) is 13.0 Å². The largest absolute Gasteiger partial charge is 0.497 e. The Labute approximate surface area is 153 Å². The second kappa shape index (κ2) is 7.91. The van der Waals surface area contributed by atoms with Crippen molar-refractivity contribution in [3.63, 3.8) is 0 Å². The van der Waals surface area contributed by atoms with E-state index in [1.165, 1.54) is 0 Å². The number of methoxy groups -OCH3 is 1. The van der Waals surface area contributed by atoms with Crippen LogP contribution < -0.4 is 4.74 Å². The summed E-state index contributed by atoms with van der Waals surface area (Å²) in [4.78, 5) is 14.5. The molecule has 0 saturated carbocycles. The molecule has 1 amide bonds. The highest BCUT2D eigenvalue weighted by Crippen LogP contribution is 2.27. The summed E-state index contributed by atoms with van der Waals surface area (Å²) >= 11 is 5.96. The average molecular weight is 365 g/mol. The Bertz CT molecular complexity index is 725. The molecular weight excluding hydrogens is 340 g/mol. The normalized spacial score (nSPS) is 11.6. The lowest BCUT2D eigenvalue weighted by molar-refractivity contribution is -0.141. The molecule has 0 unspecified atom stereocenters. The molecule has 136 valence electrons. The number of alkyl halides is 1. The first-order valence-corrected chi connectivity index (χ1v) is 8.79. The molecule has 25 heavy (non-hydrogen) atoms. The Hall–Kier alpha value is -2.01. The van der Waals surface area contributed by atoms with E-state index in [9.17, 15) is 4.79 Å². The van der Waals surface area contributed by atoms with Gasteiger partial charge >= 0.3 is 0 Å². The van der Waals surface area contributed by atoms with Crippen molar-refractivity contribution in [3.8, 4) is 17.1 Å². The van der Waals surface area contributed by atoms with E-state index in [4.69, 9.17) is 20.9 Å². The number of aromatic nitrogens is 1. The minimum Gasteiger partial charge on any atom is -0.497 e. The molecule has 1 aromatic heterocycles. The number of ether oxygens (including phenoxy) is 1. The van der Waals surface area contributed by atoms with Gasteiger partial charge in [-0.2, -0.15) is 0 Å². The molecule has 0 aliphatic carbocycles. The minimum atomic E-state index is -0.620. The molecule has 0 saturated heterocycles. The van der Waals surface area contributed by atoms with Crippen molar-refractivity contribution < 1.29 is 14.1 Å². The number of rotatable bonds is 7. The van der Waals surface area contributed by atoms with Gasteiger partial charge in [-0.3, -0.25) is 4.79 Å². The SMILES string of the molecule is COc1cccc(-c2cc(CN(C(=O)C(C)(C)CCl)C(C)C)no2)c1. The summed E-state index contributed by atoms with van der Waals surface area (Å²) in [5, 5.41) is 4.12. The van der Waals surface area contributed by atoms with Gasteiger partial charge in [0.2, 0.25) is 5.91 Å². The minimum absolute atomic E-state index is 0.00318. The first kappa shape index (κ1) is 19.3. The van der Waals surface area contributed by atoms with Crippen molar-refractivity contribution in [1.29, 1.82) is 0 Å². The molecule has 0 atom stereocenters. The lowest BCUT2D eigenvalue weighted by Gasteiger charge is -2.33. The van der Waals surface area contributed by atoms with Crippen molar-refractivity contribution in [2.24, 2.45) is 5.41 Å². The van der Waals surface area contributed by atoms with Crippen LogP contribution in [0.25, 0.3) is 11.3 Å². The second-order valence-electron chi connectivity index (χ2n) is 6.96. The Kier molecular flexibility index (Phi) is 6.11. The van der Waals surface area contributed by atoms with Gasteiger partial charge < -0.3 is 14.2 Å². The fraction of sp³-hybridized carbons (Fsp3) is 0.474. The first-order valence-electron chi connectivity index (χ1n) is 8.25. The van der Waals surface area contributed by atoms with Crippen molar-refractivity contribution in [1.82, 2.24) is 10.1 Å². The van der Waals surface area contributed by atoms with Crippen LogP contribution in [-0.4, -0.2) is 35.0 Å². The fourth-order valence-corrected chi connectivity index (χ4v) is 2.52. The zero-order valence-electron chi connectivity index (χ0n) is 15.4. The summed E-state index contributed by atoms with van der Waals surface area (Å²) in [6, 6.07) is 9.45. The molecule has 0 aliphatic rings. The molecule has 0 radical (unpaired) electrons. The topological polar surface area (TPSA) is 55.6 Å². The third kappa shape index (κ3) is 4.54. The predicted octanol–water partition coefficient (Wildman–Crippen LogP) is 4.35. The van der Waals surface area contributed by atoms with Crippen LogP contribution in [0, 0.1) is 5.41 Å². The molecule has 1 aromatic carbocycles. The van der Waals surface area contributed by atoms with Gasteiger partial charge in [0.1, 0.15) is 11.4 Å². The fourth-order valence-electron chi connectivity index (χ4n) is 2.41. The molecule has 0 N–H and O–H groups in total. The Morgan fingerprint density at radius 1 is 1.36 bits per heavy atom. The highest BCUT2D eigenvalue weighted by atomic mass is 35.5. The van der Waals surface area contributed by atoms with Crippen LogP contribution in [0.15, 0.2) is 34.9 Å². The van der Waals surface area contributed by atoms with Crippen LogP contribution in [-0.2, 0) is 11.3 Å². The Morgan fingerprint density at radius 2 is 2.08 bits per heavy atom. The van der Waals surface area contributed by atoms with Crippen LogP contribution in [0.2, 0.25) is 0 Å². The van der Waals surface area contributed by atoms with E-state index in [1.54, 1.807) is 12.0 Å². The summed E-state index contributed by atoms with van der Waals surface area (Å²) in [5.41, 5.74) is 0.956. The van der Waals surface area contributed by atoms with E-state index < -0.39 is 5.41 Å². The molecule has 6 heteroatoms. The van der Waals surface area contributed by atoms with Gasteiger partial charge in [0, 0.05) is 23.6 Å². The number of hydrogen-bond donors (Lipinski definition) is 0. The maximum atomic E-state index is 12.8. The average Bonchev–Trinajstić information content (AvgIpc) is 3.07. The number of carbonyl (C=O) groups is 1. The van der Waals surface area contributed by atoms with Crippen molar-refractivity contribution >= 4 is 17.5 Å². The lowest BCUT2D eigenvalue weighted by Crippen LogP contribution is -2.45. The van der Waals surface area contributed by atoms with E-state index in [2.05, 4.69) is 5.16 Å². The van der Waals surface area contributed by atoms with E-state index in [0.717, 1.165) is 11.3 Å². The van der Waals surface area contributed by atoms with E-state index in [1.807, 2.05) is 58.0 Å². The summed E-state index contributed by atoms with van der Waals surface area (Å²) in [6.07, 6.45) is 0.